The zero-order valence-electron chi connectivity index (χ0n) is 18.5. The van der Waals surface area contributed by atoms with E-state index < -0.39 is 11.7 Å². The summed E-state index contributed by atoms with van der Waals surface area (Å²) in [6.07, 6.45) is -1.18. The molecule has 0 bridgehead atoms. The molecule has 4 rings (SSSR count). The Kier molecular flexibility index (Phi) is 6.62. The molecule has 0 spiro atoms. The smallest absolute Gasteiger partial charge is 0.416 e. The summed E-state index contributed by atoms with van der Waals surface area (Å²) in [4.78, 5) is 13.8. The molecule has 2 unspecified atom stereocenters. The molecule has 1 amide bonds. The van der Waals surface area contributed by atoms with Crippen molar-refractivity contribution in [1.29, 1.82) is 0 Å². The standard InChI is InChI=1S/C24H23F4N3O2S/c1-23(34-19-9-5-17(25)6-10-19)12-11-20(23)21(32)29-13-15-14-31(30-22(15)33-2)18-7-3-16(4-8-18)24(26,27)28/h3-10,14,20H,11-13H2,1-2H3,(H,29,32). The van der Waals surface area contributed by atoms with Crippen LogP contribution in [0.25, 0.3) is 5.69 Å². The Morgan fingerprint density at radius 2 is 1.88 bits per heavy atom. The number of rotatable bonds is 7. The van der Waals surface area contributed by atoms with Gasteiger partial charge in [0, 0.05) is 22.4 Å². The molecule has 5 nitrogen and oxygen atoms in total. The van der Waals surface area contributed by atoms with Gasteiger partial charge in [-0.25, -0.2) is 9.07 Å². The van der Waals surface area contributed by atoms with Gasteiger partial charge in [-0.15, -0.1) is 16.9 Å². The van der Waals surface area contributed by atoms with E-state index in [4.69, 9.17) is 4.74 Å². The van der Waals surface area contributed by atoms with E-state index in [-0.39, 0.29) is 34.8 Å². The van der Waals surface area contributed by atoms with Crippen molar-refractivity contribution in [3.05, 3.63) is 71.7 Å². The predicted octanol–water partition coefficient (Wildman–Crippen LogP) is 5.62. The van der Waals surface area contributed by atoms with E-state index in [1.165, 1.54) is 36.1 Å². The van der Waals surface area contributed by atoms with Crippen molar-refractivity contribution < 1.29 is 27.1 Å². The maximum Gasteiger partial charge on any atom is 0.416 e. The maximum absolute atomic E-state index is 13.2. The van der Waals surface area contributed by atoms with Gasteiger partial charge in [0.1, 0.15) is 5.82 Å². The number of nitrogens with one attached hydrogen (secondary N) is 1. The molecule has 0 saturated heterocycles. The van der Waals surface area contributed by atoms with E-state index in [1.807, 2.05) is 6.92 Å². The van der Waals surface area contributed by atoms with Gasteiger partial charge in [0.15, 0.2) is 0 Å². The second-order valence-electron chi connectivity index (χ2n) is 8.33. The van der Waals surface area contributed by atoms with E-state index in [2.05, 4.69) is 10.4 Å². The van der Waals surface area contributed by atoms with Gasteiger partial charge in [0.2, 0.25) is 11.8 Å². The van der Waals surface area contributed by atoms with Crippen LogP contribution in [-0.4, -0.2) is 27.5 Å². The number of methoxy groups -OCH3 is 1. The average molecular weight is 494 g/mol. The Bertz CT molecular complexity index is 1160. The van der Waals surface area contributed by atoms with Crippen LogP contribution in [0.3, 0.4) is 0 Å². The number of halogens is 4. The van der Waals surface area contributed by atoms with Crippen molar-refractivity contribution >= 4 is 17.7 Å². The summed E-state index contributed by atoms with van der Waals surface area (Å²) in [7, 11) is 1.44. The molecule has 180 valence electrons. The van der Waals surface area contributed by atoms with Gasteiger partial charge in [-0.1, -0.05) is 0 Å². The minimum atomic E-state index is -4.42. The van der Waals surface area contributed by atoms with Crippen LogP contribution >= 0.6 is 11.8 Å². The Balaban J connectivity index is 1.41. The quantitative estimate of drug-likeness (QED) is 0.435. The third-order valence-electron chi connectivity index (χ3n) is 6.00. The minimum absolute atomic E-state index is 0.104. The number of thioether (sulfide) groups is 1. The molecule has 1 aromatic heterocycles. The Morgan fingerprint density at radius 1 is 1.21 bits per heavy atom. The molecule has 3 aromatic rings. The van der Waals surface area contributed by atoms with Crippen molar-refractivity contribution in [1.82, 2.24) is 15.1 Å². The molecule has 1 heterocycles. The number of ether oxygens (including phenoxy) is 1. The summed E-state index contributed by atoms with van der Waals surface area (Å²) in [6, 6.07) is 10.8. The van der Waals surface area contributed by atoms with Crippen LogP contribution in [0, 0.1) is 11.7 Å². The largest absolute Gasteiger partial charge is 0.480 e. The first-order chi connectivity index (χ1) is 16.1. The summed E-state index contributed by atoms with van der Waals surface area (Å²) in [5.74, 6) is -0.341. The lowest BCUT2D eigenvalue weighted by atomic mass is 9.73. The fourth-order valence-electron chi connectivity index (χ4n) is 3.93. The molecule has 2 atom stereocenters. The molecular formula is C24H23F4N3O2S. The highest BCUT2D eigenvalue weighted by Gasteiger charge is 2.47. The van der Waals surface area contributed by atoms with Crippen LogP contribution in [-0.2, 0) is 17.5 Å². The molecule has 2 aromatic carbocycles. The number of hydrogen-bond donors (Lipinski definition) is 1. The highest BCUT2D eigenvalue weighted by molar-refractivity contribution is 8.00. The van der Waals surface area contributed by atoms with E-state index >= 15 is 0 Å². The lowest BCUT2D eigenvalue weighted by Crippen LogP contribution is -2.50. The number of benzene rings is 2. The normalized spacial score (nSPS) is 20.0. The van der Waals surface area contributed by atoms with E-state index in [0.717, 1.165) is 29.9 Å². The summed E-state index contributed by atoms with van der Waals surface area (Å²) in [5.41, 5.74) is 0.291. The van der Waals surface area contributed by atoms with E-state index in [0.29, 0.717) is 11.3 Å². The average Bonchev–Trinajstić information content (AvgIpc) is 3.21. The van der Waals surface area contributed by atoms with Crippen LogP contribution < -0.4 is 10.1 Å². The van der Waals surface area contributed by atoms with Crippen molar-refractivity contribution in [2.45, 2.75) is 42.1 Å². The summed E-state index contributed by atoms with van der Waals surface area (Å²) in [6.45, 7) is 2.19. The van der Waals surface area contributed by atoms with Gasteiger partial charge < -0.3 is 10.1 Å². The number of amides is 1. The third kappa shape index (κ3) is 5.06. The first-order valence-electron chi connectivity index (χ1n) is 10.6. The topological polar surface area (TPSA) is 56.1 Å². The SMILES string of the molecule is COc1nn(-c2ccc(C(F)(F)F)cc2)cc1CNC(=O)C1CCC1(C)Sc1ccc(F)cc1. The van der Waals surface area contributed by atoms with Crippen LogP contribution in [0.2, 0.25) is 0 Å². The van der Waals surface area contributed by atoms with Crippen molar-refractivity contribution in [2.24, 2.45) is 5.92 Å². The van der Waals surface area contributed by atoms with Crippen LogP contribution in [0.1, 0.15) is 30.9 Å². The highest BCUT2D eigenvalue weighted by Crippen LogP contribution is 2.51. The summed E-state index contributed by atoms with van der Waals surface area (Å²) in [5, 5.41) is 7.19. The van der Waals surface area contributed by atoms with Crippen molar-refractivity contribution in [2.75, 3.05) is 7.11 Å². The predicted molar refractivity (Wildman–Crippen MR) is 120 cm³/mol. The summed E-state index contributed by atoms with van der Waals surface area (Å²) < 4.78 is 58.0. The second kappa shape index (κ2) is 9.32. The van der Waals surface area contributed by atoms with Gasteiger partial charge >= 0.3 is 6.18 Å². The maximum atomic E-state index is 13.2. The minimum Gasteiger partial charge on any atom is -0.480 e. The number of hydrogen-bond acceptors (Lipinski definition) is 4. The molecule has 10 heteroatoms. The van der Waals surface area contributed by atoms with E-state index in [1.54, 1.807) is 30.1 Å². The van der Waals surface area contributed by atoms with Crippen molar-refractivity contribution in [3.63, 3.8) is 0 Å². The van der Waals surface area contributed by atoms with Crippen LogP contribution in [0.4, 0.5) is 17.6 Å². The molecular weight excluding hydrogens is 470 g/mol. The fourth-order valence-corrected chi connectivity index (χ4v) is 5.32. The Morgan fingerprint density at radius 3 is 2.44 bits per heavy atom. The molecule has 0 aliphatic heterocycles. The zero-order valence-corrected chi connectivity index (χ0v) is 19.3. The van der Waals surface area contributed by atoms with Crippen LogP contribution in [0.15, 0.2) is 59.6 Å². The molecule has 1 aliphatic rings. The molecule has 34 heavy (non-hydrogen) atoms. The second-order valence-corrected chi connectivity index (χ2v) is 9.94. The zero-order chi connectivity index (χ0) is 24.5. The number of aromatic nitrogens is 2. The first-order valence-corrected chi connectivity index (χ1v) is 11.4. The van der Waals surface area contributed by atoms with Gasteiger partial charge in [0.25, 0.3) is 0 Å². The lowest BCUT2D eigenvalue weighted by Gasteiger charge is -2.45. The fraction of sp³-hybridized carbons (Fsp3) is 0.333. The summed E-state index contributed by atoms with van der Waals surface area (Å²) >= 11 is 1.56. The lowest BCUT2D eigenvalue weighted by molar-refractivity contribution is -0.137. The van der Waals surface area contributed by atoms with Gasteiger partial charge in [-0.05, 0) is 68.3 Å². The monoisotopic (exact) mass is 493 g/mol. The van der Waals surface area contributed by atoms with Gasteiger partial charge in [-0.3, -0.25) is 4.79 Å². The Labute approximate surface area is 198 Å². The molecule has 1 saturated carbocycles. The third-order valence-corrected chi connectivity index (χ3v) is 7.47. The number of carbonyl (C=O) groups excluding carboxylic acids is 1. The van der Waals surface area contributed by atoms with Gasteiger partial charge in [-0.2, -0.15) is 13.2 Å². The molecule has 1 aliphatic carbocycles. The Hall–Kier alpha value is -3.01. The first kappa shape index (κ1) is 24.1. The highest BCUT2D eigenvalue weighted by atomic mass is 32.2. The number of carbonyl (C=O) groups is 1. The van der Waals surface area contributed by atoms with Crippen molar-refractivity contribution in [3.8, 4) is 11.6 Å². The molecule has 1 N–H and O–H groups in total. The van der Waals surface area contributed by atoms with Crippen LogP contribution in [0.5, 0.6) is 5.88 Å². The van der Waals surface area contributed by atoms with Gasteiger partial charge in [0.05, 0.1) is 29.8 Å². The number of alkyl halides is 3. The van der Waals surface area contributed by atoms with E-state index in [9.17, 15) is 22.4 Å². The molecule has 1 fully saturated rings. The molecule has 0 radical (unpaired) electrons. The number of nitrogens with zero attached hydrogens (tertiary/aromatic N) is 2.